The maximum Gasteiger partial charge on any atom is 0.262 e. The first-order valence-corrected chi connectivity index (χ1v) is 11.4. The molecule has 0 spiro atoms. The first-order chi connectivity index (χ1) is 15.1. The van der Waals surface area contributed by atoms with Crippen LogP contribution in [-0.2, 0) is 9.59 Å². The molecule has 1 aliphatic heterocycles. The zero-order valence-corrected chi connectivity index (χ0v) is 20.4. The van der Waals surface area contributed by atoms with E-state index in [1.807, 2.05) is 56.5 Å². The molecule has 2 heterocycles. The molecule has 0 saturated heterocycles. The topological polar surface area (TPSA) is 71.4 Å². The van der Waals surface area contributed by atoms with Crippen molar-refractivity contribution in [1.29, 1.82) is 0 Å². The highest BCUT2D eigenvalue weighted by molar-refractivity contribution is 7.12. The molecule has 2 amide bonds. The highest BCUT2D eigenvalue weighted by Gasteiger charge is 2.36. The molecule has 0 saturated carbocycles. The van der Waals surface area contributed by atoms with Gasteiger partial charge in [0.2, 0.25) is 5.91 Å². The second kappa shape index (κ2) is 9.73. The van der Waals surface area contributed by atoms with Crippen LogP contribution < -0.4 is 9.47 Å². The molecule has 1 atom stereocenters. The lowest BCUT2D eigenvalue weighted by atomic mass is 9.92. The Morgan fingerprint density at radius 3 is 2.56 bits per heavy atom. The average Bonchev–Trinajstić information content (AvgIpc) is 3.41. The van der Waals surface area contributed by atoms with Crippen molar-refractivity contribution >= 4 is 28.9 Å². The minimum atomic E-state index is -0.351. The van der Waals surface area contributed by atoms with Gasteiger partial charge in [-0.3, -0.25) is 9.59 Å². The number of hydrazone groups is 1. The molecular formula is C24H31N3O4S. The van der Waals surface area contributed by atoms with E-state index < -0.39 is 0 Å². The second-order valence-corrected chi connectivity index (χ2v) is 10.0. The summed E-state index contributed by atoms with van der Waals surface area (Å²) < 4.78 is 11.0. The molecule has 0 N–H and O–H groups in total. The number of ether oxygens (including phenoxy) is 2. The van der Waals surface area contributed by atoms with Gasteiger partial charge in [0.15, 0.2) is 0 Å². The number of carbonyl (C=O) groups is 2. The van der Waals surface area contributed by atoms with Crippen LogP contribution in [0.15, 0.2) is 40.8 Å². The smallest absolute Gasteiger partial charge is 0.262 e. The Kier molecular flexibility index (Phi) is 7.23. The second-order valence-electron chi connectivity index (χ2n) is 9.08. The van der Waals surface area contributed by atoms with Crippen LogP contribution in [0.1, 0.15) is 50.1 Å². The molecule has 2 aromatic rings. The monoisotopic (exact) mass is 457 g/mol. The lowest BCUT2D eigenvalue weighted by molar-refractivity contribution is -0.141. The number of amides is 2. The summed E-state index contributed by atoms with van der Waals surface area (Å²) in [5.41, 5.74) is 1.51. The van der Waals surface area contributed by atoms with Crippen LogP contribution in [0.2, 0.25) is 0 Å². The van der Waals surface area contributed by atoms with E-state index in [0.29, 0.717) is 24.3 Å². The van der Waals surface area contributed by atoms with Crippen molar-refractivity contribution in [3.8, 4) is 11.5 Å². The quantitative estimate of drug-likeness (QED) is 0.620. The van der Waals surface area contributed by atoms with Crippen LogP contribution in [0.4, 0.5) is 0 Å². The minimum Gasteiger partial charge on any atom is -0.497 e. The molecule has 1 aromatic carbocycles. The number of hydrogen-bond donors (Lipinski definition) is 0. The van der Waals surface area contributed by atoms with Gasteiger partial charge < -0.3 is 14.4 Å². The molecule has 3 rings (SSSR count). The Balaban J connectivity index is 1.90. The van der Waals surface area contributed by atoms with Gasteiger partial charge in [0.25, 0.3) is 5.91 Å². The molecule has 172 valence electrons. The first-order valence-electron chi connectivity index (χ1n) is 10.5. The largest absolute Gasteiger partial charge is 0.497 e. The number of rotatable bonds is 7. The predicted octanol–water partition coefficient (Wildman–Crippen LogP) is 4.34. The number of carbonyl (C=O) groups excluding carboxylic acids is 2. The average molecular weight is 458 g/mol. The Labute approximate surface area is 193 Å². The van der Waals surface area contributed by atoms with Crippen molar-refractivity contribution in [2.45, 2.75) is 39.7 Å². The maximum atomic E-state index is 13.3. The van der Waals surface area contributed by atoms with Gasteiger partial charge in [0.1, 0.15) is 18.0 Å². The van der Waals surface area contributed by atoms with E-state index in [4.69, 9.17) is 9.47 Å². The summed E-state index contributed by atoms with van der Waals surface area (Å²) in [5.74, 6) is 1.03. The third-order valence-corrected chi connectivity index (χ3v) is 6.17. The zero-order chi connectivity index (χ0) is 23.5. The number of hydrogen-bond acceptors (Lipinski definition) is 6. The van der Waals surface area contributed by atoms with Gasteiger partial charge in [-0.25, -0.2) is 5.01 Å². The third kappa shape index (κ3) is 5.48. The zero-order valence-electron chi connectivity index (χ0n) is 19.5. The number of likely N-dealkylation sites (N-methyl/N-ethyl adjacent to an activating group) is 1. The molecular weight excluding hydrogens is 426 g/mol. The molecule has 0 radical (unpaired) electrons. The van der Waals surface area contributed by atoms with E-state index in [1.165, 1.54) is 9.91 Å². The van der Waals surface area contributed by atoms with Crippen LogP contribution in [-0.4, -0.2) is 55.2 Å². The molecule has 8 heteroatoms. The van der Waals surface area contributed by atoms with E-state index in [9.17, 15) is 9.59 Å². The van der Waals surface area contributed by atoms with Gasteiger partial charge >= 0.3 is 0 Å². The molecule has 1 aliphatic rings. The lowest BCUT2D eigenvalue weighted by Gasteiger charge is -2.27. The summed E-state index contributed by atoms with van der Waals surface area (Å²) in [6, 6.07) is 9.15. The number of methoxy groups -OCH3 is 2. The maximum absolute atomic E-state index is 13.3. The van der Waals surface area contributed by atoms with Crippen molar-refractivity contribution < 1.29 is 19.1 Å². The first kappa shape index (κ1) is 23.8. The lowest BCUT2D eigenvalue weighted by Crippen LogP contribution is -2.40. The molecule has 0 aliphatic carbocycles. The van der Waals surface area contributed by atoms with E-state index in [1.54, 1.807) is 32.6 Å². The third-order valence-electron chi connectivity index (χ3n) is 5.25. The van der Waals surface area contributed by atoms with Crippen molar-refractivity contribution in [1.82, 2.24) is 9.91 Å². The summed E-state index contributed by atoms with van der Waals surface area (Å²) >= 11 is 1.58. The van der Waals surface area contributed by atoms with Crippen molar-refractivity contribution in [3.05, 3.63) is 46.2 Å². The highest BCUT2D eigenvalue weighted by Crippen LogP contribution is 2.39. The molecule has 1 aromatic heterocycles. The fraction of sp³-hybridized carbons (Fsp3) is 0.458. The van der Waals surface area contributed by atoms with Crippen LogP contribution in [0.25, 0.3) is 0 Å². The predicted molar refractivity (Wildman–Crippen MR) is 126 cm³/mol. The van der Waals surface area contributed by atoms with E-state index in [2.05, 4.69) is 5.10 Å². The van der Waals surface area contributed by atoms with Gasteiger partial charge in [-0.05, 0) is 35.1 Å². The SMILES string of the molecule is COc1ccc(OC)c([C@@H]2CC(c3cccs3)=NN2C(=O)CN(C)C(=O)CC(C)(C)C)c1. The molecule has 0 bridgehead atoms. The number of benzene rings is 1. The number of nitrogens with zero attached hydrogens (tertiary/aromatic N) is 3. The fourth-order valence-electron chi connectivity index (χ4n) is 3.63. The van der Waals surface area contributed by atoms with Crippen LogP contribution >= 0.6 is 11.3 Å². The molecule has 7 nitrogen and oxygen atoms in total. The Morgan fingerprint density at radius 1 is 1.22 bits per heavy atom. The Bertz CT molecular complexity index is 995. The van der Waals surface area contributed by atoms with E-state index in [0.717, 1.165) is 16.2 Å². The highest BCUT2D eigenvalue weighted by atomic mass is 32.1. The van der Waals surface area contributed by atoms with E-state index >= 15 is 0 Å². The van der Waals surface area contributed by atoms with Crippen molar-refractivity contribution in [2.24, 2.45) is 10.5 Å². The van der Waals surface area contributed by atoms with Gasteiger partial charge in [-0.2, -0.15) is 5.10 Å². The van der Waals surface area contributed by atoms with Gasteiger partial charge in [-0.1, -0.05) is 26.8 Å². The van der Waals surface area contributed by atoms with Crippen molar-refractivity contribution in [3.63, 3.8) is 0 Å². The Morgan fingerprint density at radius 2 is 1.97 bits per heavy atom. The van der Waals surface area contributed by atoms with E-state index in [-0.39, 0.29) is 29.8 Å². The summed E-state index contributed by atoms with van der Waals surface area (Å²) in [7, 11) is 4.87. The number of thiophene rings is 1. The molecule has 0 unspecified atom stereocenters. The molecule has 32 heavy (non-hydrogen) atoms. The fourth-order valence-corrected chi connectivity index (χ4v) is 4.35. The summed E-state index contributed by atoms with van der Waals surface area (Å²) in [6.45, 7) is 5.97. The van der Waals surface area contributed by atoms with Gasteiger partial charge in [-0.15, -0.1) is 11.3 Å². The summed E-state index contributed by atoms with van der Waals surface area (Å²) in [6.07, 6.45) is 0.920. The summed E-state index contributed by atoms with van der Waals surface area (Å²) in [4.78, 5) is 28.4. The van der Waals surface area contributed by atoms with Crippen LogP contribution in [0.5, 0.6) is 11.5 Å². The Hall–Kier alpha value is -2.87. The van der Waals surface area contributed by atoms with Gasteiger partial charge in [0, 0.05) is 25.5 Å². The van der Waals surface area contributed by atoms with Gasteiger partial charge in [0.05, 0.1) is 30.9 Å². The van der Waals surface area contributed by atoms with Crippen LogP contribution in [0.3, 0.4) is 0 Å². The van der Waals surface area contributed by atoms with Crippen LogP contribution in [0, 0.1) is 5.41 Å². The standard InChI is InChI=1S/C24H31N3O4S/c1-24(2,3)14-22(28)26(4)15-23(29)27-19(13-18(25-27)21-8-7-11-32-21)17-12-16(30-5)9-10-20(17)31-6/h7-12,19H,13-15H2,1-6H3/t19-/m0/s1. The minimum absolute atomic E-state index is 0.0427. The summed E-state index contributed by atoms with van der Waals surface area (Å²) in [5, 5.41) is 8.16. The normalized spacial score (nSPS) is 16.0. The van der Waals surface area contributed by atoms with Crippen molar-refractivity contribution in [2.75, 3.05) is 27.8 Å². The molecule has 0 fully saturated rings.